The number of aromatic nitrogens is 2. The highest BCUT2D eigenvalue weighted by atomic mass is 32.1. The summed E-state index contributed by atoms with van der Waals surface area (Å²) in [7, 11) is 1.56. The molecule has 0 unspecified atom stereocenters. The molecule has 2 aromatic rings. The Morgan fingerprint density at radius 3 is 2.89 bits per heavy atom. The molecule has 0 atom stereocenters. The van der Waals surface area contributed by atoms with Gasteiger partial charge in [0.05, 0.1) is 9.80 Å². The summed E-state index contributed by atoms with van der Waals surface area (Å²) >= 11 is 1.28. The lowest BCUT2D eigenvalue weighted by Crippen LogP contribution is -2.30. The van der Waals surface area contributed by atoms with Gasteiger partial charge in [0.25, 0.3) is 5.91 Å². The largest absolute Gasteiger partial charge is 0.335 e. The maximum absolute atomic E-state index is 11.7. The SMILES string of the molecule is Cc1nn(C)c(NNC(=O)c2cccs2)c1[N+](=O)[O-]. The van der Waals surface area contributed by atoms with Crippen molar-refractivity contribution in [2.24, 2.45) is 7.05 Å². The van der Waals surface area contributed by atoms with Gasteiger partial charge in [0, 0.05) is 7.05 Å². The summed E-state index contributed by atoms with van der Waals surface area (Å²) in [6.45, 7) is 1.53. The van der Waals surface area contributed by atoms with Crippen molar-refractivity contribution >= 4 is 28.7 Å². The number of hydrogen-bond acceptors (Lipinski definition) is 6. The molecule has 2 N–H and O–H groups in total. The Kier molecular flexibility index (Phi) is 3.47. The fourth-order valence-electron chi connectivity index (χ4n) is 1.59. The van der Waals surface area contributed by atoms with Gasteiger partial charge in [-0.1, -0.05) is 6.07 Å². The van der Waals surface area contributed by atoms with Crippen molar-refractivity contribution in [3.8, 4) is 0 Å². The van der Waals surface area contributed by atoms with E-state index in [4.69, 9.17) is 0 Å². The average molecular weight is 281 g/mol. The van der Waals surface area contributed by atoms with Crippen LogP contribution in [-0.4, -0.2) is 20.6 Å². The zero-order valence-corrected chi connectivity index (χ0v) is 11.0. The van der Waals surface area contributed by atoms with E-state index in [0.717, 1.165) is 0 Å². The Morgan fingerprint density at radius 1 is 1.58 bits per heavy atom. The van der Waals surface area contributed by atoms with Gasteiger partial charge < -0.3 is 0 Å². The molecule has 2 rings (SSSR count). The van der Waals surface area contributed by atoms with E-state index in [1.165, 1.54) is 22.9 Å². The van der Waals surface area contributed by atoms with Crippen LogP contribution in [0.2, 0.25) is 0 Å². The van der Waals surface area contributed by atoms with Gasteiger partial charge in [-0.25, -0.2) is 4.68 Å². The molecule has 100 valence electrons. The molecule has 0 aromatic carbocycles. The summed E-state index contributed by atoms with van der Waals surface area (Å²) in [5.74, 6) is -0.226. The van der Waals surface area contributed by atoms with E-state index in [1.807, 2.05) is 0 Å². The first-order chi connectivity index (χ1) is 9.00. The molecule has 9 heteroatoms. The van der Waals surface area contributed by atoms with Crippen LogP contribution in [-0.2, 0) is 7.05 Å². The van der Waals surface area contributed by atoms with Gasteiger partial charge in [-0.05, 0) is 18.4 Å². The maximum atomic E-state index is 11.7. The molecule has 0 spiro atoms. The third-order valence-electron chi connectivity index (χ3n) is 2.41. The minimum absolute atomic E-state index is 0.132. The molecule has 0 fully saturated rings. The molecule has 1 amide bonds. The lowest BCUT2D eigenvalue weighted by atomic mass is 10.4. The smallest absolute Gasteiger partial charge is 0.276 e. The van der Waals surface area contributed by atoms with Gasteiger partial charge in [-0.2, -0.15) is 5.10 Å². The molecular formula is C10H11N5O3S. The number of hydrazine groups is 1. The molecule has 0 saturated heterocycles. The number of rotatable bonds is 4. The highest BCUT2D eigenvalue weighted by Gasteiger charge is 2.24. The lowest BCUT2D eigenvalue weighted by Gasteiger charge is -2.06. The fraction of sp³-hybridized carbons (Fsp3) is 0.200. The van der Waals surface area contributed by atoms with Crippen LogP contribution in [0.5, 0.6) is 0 Å². The van der Waals surface area contributed by atoms with Crippen LogP contribution in [0.1, 0.15) is 15.4 Å². The second-order valence-electron chi connectivity index (χ2n) is 3.72. The Hall–Kier alpha value is -2.42. The van der Waals surface area contributed by atoms with Crippen LogP contribution in [0.3, 0.4) is 0 Å². The van der Waals surface area contributed by atoms with E-state index >= 15 is 0 Å². The monoisotopic (exact) mass is 281 g/mol. The van der Waals surface area contributed by atoms with Gasteiger partial charge in [-0.3, -0.25) is 25.8 Å². The maximum Gasteiger partial charge on any atom is 0.335 e. The van der Waals surface area contributed by atoms with Crippen molar-refractivity contribution in [2.75, 3.05) is 5.43 Å². The van der Waals surface area contributed by atoms with Gasteiger partial charge in [0.15, 0.2) is 0 Å². The lowest BCUT2D eigenvalue weighted by molar-refractivity contribution is -0.384. The van der Waals surface area contributed by atoms with Crippen LogP contribution < -0.4 is 10.9 Å². The van der Waals surface area contributed by atoms with Crippen LogP contribution in [0.4, 0.5) is 11.5 Å². The van der Waals surface area contributed by atoms with Gasteiger partial charge in [0.1, 0.15) is 5.69 Å². The number of nitrogens with one attached hydrogen (secondary N) is 2. The van der Waals surface area contributed by atoms with E-state index in [-0.39, 0.29) is 23.1 Å². The predicted molar refractivity (Wildman–Crippen MR) is 70.0 cm³/mol. The van der Waals surface area contributed by atoms with Crippen molar-refractivity contribution in [2.45, 2.75) is 6.92 Å². The van der Waals surface area contributed by atoms with E-state index in [9.17, 15) is 14.9 Å². The minimum Gasteiger partial charge on any atom is -0.276 e. The normalized spacial score (nSPS) is 10.2. The van der Waals surface area contributed by atoms with Crippen LogP contribution in [0, 0.1) is 17.0 Å². The summed E-state index contributed by atoms with van der Waals surface area (Å²) in [6, 6.07) is 3.40. The van der Waals surface area contributed by atoms with Crippen LogP contribution >= 0.6 is 11.3 Å². The summed E-state index contributed by atoms with van der Waals surface area (Å²) < 4.78 is 1.31. The number of anilines is 1. The van der Waals surface area contributed by atoms with Gasteiger partial charge >= 0.3 is 5.69 Å². The second kappa shape index (κ2) is 5.06. The van der Waals surface area contributed by atoms with Crippen molar-refractivity contribution < 1.29 is 9.72 Å². The van der Waals surface area contributed by atoms with Crippen molar-refractivity contribution in [3.05, 3.63) is 38.2 Å². The molecule has 0 bridgehead atoms. The van der Waals surface area contributed by atoms with Gasteiger partial charge in [-0.15, -0.1) is 11.3 Å². The van der Waals surface area contributed by atoms with Crippen molar-refractivity contribution in [1.82, 2.24) is 15.2 Å². The Labute approximate surface area is 112 Å². The molecule has 8 nitrogen and oxygen atoms in total. The fourth-order valence-corrected chi connectivity index (χ4v) is 2.21. The van der Waals surface area contributed by atoms with Crippen molar-refractivity contribution in [3.63, 3.8) is 0 Å². The number of thiophene rings is 1. The first-order valence-corrected chi connectivity index (χ1v) is 6.16. The summed E-state index contributed by atoms with van der Waals surface area (Å²) in [4.78, 5) is 22.6. The van der Waals surface area contributed by atoms with Gasteiger partial charge in [0.2, 0.25) is 5.82 Å². The van der Waals surface area contributed by atoms with E-state index in [2.05, 4.69) is 16.0 Å². The Balaban J connectivity index is 2.16. The number of carbonyl (C=O) groups excluding carboxylic acids is 1. The van der Waals surface area contributed by atoms with Crippen LogP contribution in [0.25, 0.3) is 0 Å². The third-order valence-corrected chi connectivity index (χ3v) is 3.28. The average Bonchev–Trinajstić information content (AvgIpc) is 2.94. The van der Waals surface area contributed by atoms with Crippen molar-refractivity contribution in [1.29, 1.82) is 0 Å². The number of aryl methyl sites for hydroxylation is 2. The molecule has 0 aliphatic rings. The summed E-state index contributed by atoms with van der Waals surface area (Å²) in [6.07, 6.45) is 0. The number of hydrogen-bond donors (Lipinski definition) is 2. The first-order valence-electron chi connectivity index (χ1n) is 5.28. The Morgan fingerprint density at radius 2 is 2.32 bits per heavy atom. The molecule has 0 aliphatic carbocycles. The topological polar surface area (TPSA) is 102 Å². The molecular weight excluding hydrogens is 270 g/mol. The summed E-state index contributed by atoms with van der Waals surface area (Å²) in [5, 5.41) is 16.6. The summed E-state index contributed by atoms with van der Waals surface area (Å²) in [5.41, 5.74) is 5.06. The molecule has 19 heavy (non-hydrogen) atoms. The minimum atomic E-state index is -0.540. The molecule has 2 heterocycles. The molecule has 0 saturated carbocycles. The van der Waals surface area contributed by atoms with E-state index in [1.54, 1.807) is 24.6 Å². The number of nitro groups is 1. The second-order valence-corrected chi connectivity index (χ2v) is 4.67. The molecule has 2 aromatic heterocycles. The van der Waals surface area contributed by atoms with E-state index < -0.39 is 4.92 Å². The highest BCUT2D eigenvalue weighted by Crippen LogP contribution is 2.26. The Bertz CT molecular complexity index is 619. The highest BCUT2D eigenvalue weighted by molar-refractivity contribution is 7.12. The first kappa shape index (κ1) is 13.0. The molecule has 0 radical (unpaired) electrons. The number of amides is 1. The third kappa shape index (κ3) is 2.55. The number of nitrogens with zero attached hydrogens (tertiary/aromatic N) is 3. The number of carbonyl (C=O) groups is 1. The van der Waals surface area contributed by atoms with Crippen LogP contribution in [0.15, 0.2) is 17.5 Å². The zero-order chi connectivity index (χ0) is 14.0. The zero-order valence-electron chi connectivity index (χ0n) is 10.2. The van der Waals surface area contributed by atoms with E-state index in [0.29, 0.717) is 4.88 Å². The molecule has 0 aliphatic heterocycles. The predicted octanol–water partition coefficient (Wildman–Crippen LogP) is 1.46. The standard InChI is InChI=1S/C10H11N5O3S/c1-6-8(15(17)18)9(14(2)13-6)11-12-10(16)7-4-3-5-19-7/h3-5,11H,1-2H3,(H,12,16). The quantitative estimate of drug-likeness (QED) is 0.652.